The molecule has 1 aromatic heterocycles. The van der Waals surface area contributed by atoms with Crippen LogP contribution < -0.4 is 26.0 Å². The Balaban J connectivity index is 1.42. The summed E-state index contributed by atoms with van der Waals surface area (Å²) in [5.41, 5.74) is 9.10. The van der Waals surface area contributed by atoms with Crippen LogP contribution in [0.1, 0.15) is 24.8 Å². The number of nitrogens with one attached hydrogen (secondary N) is 2. The van der Waals surface area contributed by atoms with Gasteiger partial charge in [0.05, 0.1) is 12.6 Å². The summed E-state index contributed by atoms with van der Waals surface area (Å²) in [6, 6.07) is 14.9. The topological polar surface area (TPSA) is 94.8 Å². The molecule has 9 nitrogen and oxygen atoms in total. The minimum absolute atomic E-state index is 0.362. The van der Waals surface area contributed by atoms with Gasteiger partial charge in [-0.25, -0.2) is 4.98 Å². The van der Waals surface area contributed by atoms with E-state index in [0.29, 0.717) is 18.5 Å². The Kier molecular flexibility index (Phi) is 9.98. The lowest BCUT2D eigenvalue weighted by Gasteiger charge is -2.34. The molecule has 2 heterocycles. The lowest BCUT2D eigenvalue weighted by Crippen LogP contribution is -2.39. The number of para-hydroxylation sites is 1. The predicted octanol–water partition coefficient (Wildman–Crippen LogP) is 3.47. The predicted molar refractivity (Wildman–Crippen MR) is 158 cm³/mol. The van der Waals surface area contributed by atoms with Crippen LogP contribution >= 0.6 is 0 Å². The molecule has 3 aromatic rings. The SMILES string of the molecule is COc1cccc(N(C)CCN(C)C)c1CN1CCC(Nc2nc(NCCCN)nc3ccccc23)CC1. The number of hydrogen-bond acceptors (Lipinski definition) is 9. The van der Waals surface area contributed by atoms with Gasteiger partial charge in [0.15, 0.2) is 0 Å². The summed E-state index contributed by atoms with van der Waals surface area (Å²) in [6.07, 6.45) is 2.99. The Morgan fingerprint density at radius 2 is 1.82 bits per heavy atom. The van der Waals surface area contributed by atoms with Crippen molar-refractivity contribution in [1.29, 1.82) is 0 Å². The Hall–Kier alpha value is -3.14. The van der Waals surface area contributed by atoms with Gasteiger partial charge in [0, 0.05) is 69.0 Å². The fraction of sp³-hybridized carbons (Fsp3) is 0.517. The molecule has 9 heteroatoms. The zero-order valence-corrected chi connectivity index (χ0v) is 23.4. The summed E-state index contributed by atoms with van der Waals surface area (Å²) in [7, 11) is 8.16. The van der Waals surface area contributed by atoms with Crippen LogP contribution in [0.4, 0.5) is 17.5 Å². The Bertz CT molecular complexity index is 1160. The van der Waals surface area contributed by atoms with Crippen molar-refractivity contribution in [1.82, 2.24) is 19.8 Å². The van der Waals surface area contributed by atoms with Crippen molar-refractivity contribution in [2.45, 2.75) is 31.8 Å². The van der Waals surface area contributed by atoms with E-state index in [1.165, 1.54) is 11.3 Å². The number of methoxy groups -OCH3 is 1. The van der Waals surface area contributed by atoms with Crippen molar-refractivity contribution in [3.8, 4) is 5.75 Å². The molecule has 38 heavy (non-hydrogen) atoms. The third-order valence-electron chi connectivity index (χ3n) is 7.20. The summed E-state index contributed by atoms with van der Waals surface area (Å²) in [4.78, 5) is 16.6. The number of nitrogens with zero attached hydrogens (tertiary/aromatic N) is 5. The van der Waals surface area contributed by atoms with E-state index in [1.54, 1.807) is 7.11 Å². The van der Waals surface area contributed by atoms with Crippen LogP contribution in [0.25, 0.3) is 10.9 Å². The van der Waals surface area contributed by atoms with E-state index in [4.69, 9.17) is 20.4 Å². The van der Waals surface area contributed by atoms with Crippen LogP contribution in [0.5, 0.6) is 5.75 Å². The van der Waals surface area contributed by atoms with Gasteiger partial charge in [0.2, 0.25) is 5.95 Å². The van der Waals surface area contributed by atoms with Gasteiger partial charge in [-0.3, -0.25) is 4.90 Å². The molecule has 2 aromatic carbocycles. The molecule has 1 fully saturated rings. The van der Waals surface area contributed by atoms with Gasteiger partial charge in [0.1, 0.15) is 11.6 Å². The molecule has 4 N–H and O–H groups in total. The van der Waals surface area contributed by atoms with Crippen LogP contribution in [0.3, 0.4) is 0 Å². The Morgan fingerprint density at radius 3 is 2.55 bits per heavy atom. The Morgan fingerprint density at radius 1 is 1.03 bits per heavy atom. The van der Waals surface area contributed by atoms with Crippen LogP contribution in [-0.2, 0) is 6.54 Å². The van der Waals surface area contributed by atoms with E-state index in [9.17, 15) is 0 Å². The van der Waals surface area contributed by atoms with Gasteiger partial charge < -0.3 is 30.9 Å². The molecule has 0 amide bonds. The van der Waals surface area contributed by atoms with Crippen molar-refractivity contribution >= 4 is 28.4 Å². The molecule has 0 bridgehead atoms. The lowest BCUT2D eigenvalue weighted by molar-refractivity contribution is 0.209. The zero-order chi connectivity index (χ0) is 26.9. The average Bonchev–Trinajstić information content (AvgIpc) is 2.93. The maximum atomic E-state index is 5.79. The standard InChI is InChI=1S/C29H44N8O/c1-35(2)19-20-36(3)26-11-7-12-27(38-4)24(26)21-37-17-13-22(14-18-37)32-28-23-9-5-6-10-25(23)33-29(34-28)31-16-8-15-30/h5-7,9-12,22H,8,13-21,30H2,1-4H3,(H2,31,32,33,34). The minimum Gasteiger partial charge on any atom is -0.496 e. The molecule has 0 atom stereocenters. The van der Waals surface area contributed by atoms with Gasteiger partial charge >= 0.3 is 0 Å². The molecular weight excluding hydrogens is 476 g/mol. The van der Waals surface area contributed by atoms with Gasteiger partial charge in [0.25, 0.3) is 0 Å². The van der Waals surface area contributed by atoms with E-state index in [0.717, 1.165) is 81.0 Å². The number of benzene rings is 2. The Labute approximate surface area is 227 Å². The number of ether oxygens (including phenoxy) is 1. The molecular formula is C29H44N8O. The third kappa shape index (κ3) is 7.24. The molecule has 0 unspecified atom stereocenters. The summed E-state index contributed by atoms with van der Waals surface area (Å²) >= 11 is 0. The second-order valence-corrected chi connectivity index (χ2v) is 10.4. The fourth-order valence-electron chi connectivity index (χ4n) is 4.95. The van der Waals surface area contributed by atoms with Crippen LogP contribution in [0.15, 0.2) is 42.5 Å². The minimum atomic E-state index is 0.362. The van der Waals surface area contributed by atoms with Crippen molar-refractivity contribution in [2.24, 2.45) is 5.73 Å². The number of likely N-dealkylation sites (tertiary alicyclic amines) is 1. The molecule has 0 radical (unpaired) electrons. The van der Waals surface area contributed by atoms with Crippen LogP contribution in [0, 0.1) is 0 Å². The maximum Gasteiger partial charge on any atom is 0.225 e. The first kappa shape index (κ1) is 27.9. The van der Waals surface area contributed by atoms with E-state index >= 15 is 0 Å². The zero-order valence-electron chi connectivity index (χ0n) is 23.4. The molecule has 206 valence electrons. The quantitative estimate of drug-likeness (QED) is 0.293. The first-order valence-corrected chi connectivity index (χ1v) is 13.7. The highest BCUT2D eigenvalue weighted by Crippen LogP contribution is 2.31. The third-order valence-corrected chi connectivity index (χ3v) is 7.20. The van der Waals surface area contributed by atoms with E-state index < -0.39 is 0 Å². The fourth-order valence-corrected chi connectivity index (χ4v) is 4.95. The van der Waals surface area contributed by atoms with Gasteiger partial charge in [-0.15, -0.1) is 0 Å². The highest BCUT2D eigenvalue weighted by Gasteiger charge is 2.23. The number of likely N-dealkylation sites (N-methyl/N-ethyl adjacent to an activating group) is 2. The number of aromatic nitrogens is 2. The van der Waals surface area contributed by atoms with Crippen molar-refractivity contribution in [3.63, 3.8) is 0 Å². The number of rotatable bonds is 13. The van der Waals surface area contributed by atoms with E-state index in [-0.39, 0.29) is 0 Å². The molecule has 0 spiro atoms. The molecule has 4 rings (SSSR count). The summed E-state index contributed by atoms with van der Waals surface area (Å²) in [6.45, 7) is 6.29. The number of hydrogen-bond donors (Lipinski definition) is 3. The average molecular weight is 521 g/mol. The normalized spacial score (nSPS) is 14.7. The molecule has 1 aliphatic heterocycles. The van der Waals surface area contributed by atoms with Crippen LogP contribution in [0.2, 0.25) is 0 Å². The van der Waals surface area contributed by atoms with Crippen molar-refractivity contribution < 1.29 is 4.74 Å². The van der Waals surface area contributed by atoms with E-state index in [1.807, 2.05) is 18.2 Å². The number of nitrogens with two attached hydrogens (primary N) is 1. The molecule has 1 saturated heterocycles. The first-order chi connectivity index (χ1) is 18.5. The maximum absolute atomic E-state index is 5.79. The second-order valence-electron chi connectivity index (χ2n) is 10.4. The number of anilines is 3. The molecule has 0 aliphatic carbocycles. The van der Waals surface area contributed by atoms with Gasteiger partial charge in [-0.2, -0.15) is 4.98 Å². The highest BCUT2D eigenvalue weighted by molar-refractivity contribution is 5.90. The van der Waals surface area contributed by atoms with Crippen LogP contribution in [-0.4, -0.2) is 93.3 Å². The molecule has 0 saturated carbocycles. The molecule has 1 aliphatic rings. The van der Waals surface area contributed by atoms with E-state index in [2.05, 4.69) is 70.7 Å². The second kappa shape index (κ2) is 13.6. The smallest absolute Gasteiger partial charge is 0.225 e. The van der Waals surface area contributed by atoms with Gasteiger partial charge in [-0.1, -0.05) is 18.2 Å². The monoisotopic (exact) mass is 520 g/mol. The summed E-state index contributed by atoms with van der Waals surface area (Å²) < 4.78 is 5.79. The number of fused-ring (bicyclic) bond motifs is 1. The van der Waals surface area contributed by atoms with Crippen molar-refractivity contribution in [2.75, 3.05) is 83.1 Å². The van der Waals surface area contributed by atoms with Crippen molar-refractivity contribution in [3.05, 3.63) is 48.0 Å². The summed E-state index contributed by atoms with van der Waals surface area (Å²) in [5, 5.41) is 8.11. The summed E-state index contributed by atoms with van der Waals surface area (Å²) in [5.74, 6) is 2.51. The first-order valence-electron chi connectivity index (χ1n) is 13.7. The van der Waals surface area contributed by atoms with Gasteiger partial charge in [-0.05, 0) is 64.2 Å². The lowest BCUT2D eigenvalue weighted by atomic mass is 10.0. The largest absolute Gasteiger partial charge is 0.496 e. The number of piperidine rings is 1. The highest BCUT2D eigenvalue weighted by atomic mass is 16.5.